The topological polar surface area (TPSA) is 131 Å². The van der Waals surface area contributed by atoms with Crippen LogP contribution in [0.1, 0.15) is 85.6 Å². The summed E-state index contributed by atoms with van der Waals surface area (Å²) < 4.78 is 21.4. The molecular weight excluding hydrogens is 490 g/mol. The lowest BCUT2D eigenvalue weighted by atomic mass is 9.88. The molecule has 214 valence electrons. The predicted octanol–water partition coefficient (Wildman–Crippen LogP) is 4.76. The Bertz CT molecular complexity index is 947. The van der Waals surface area contributed by atoms with E-state index in [-0.39, 0.29) is 67.5 Å². The third kappa shape index (κ3) is 10.8. The Morgan fingerprint density at radius 2 is 1.42 bits per heavy atom. The molecule has 0 heterocycles. The molecule has 0 radical (unpaired) electrons. The summed E-state index contributed by atoms with van der Waals surface area (Å²) in [5, 5.41) is 0. The number of methoxy groups -OCH3 is 1. The van der Waals surface area contributed by atoms with Gasteiger partial charge in [0.25, 0.3) is 0 Å². The van der Waals surface area contributed by atoms with Crippen molar-refractivity contribution in [1.29, 1.82) is 0 Å². The third-order valence-electron chi connectivity index (χ3n) is 6.80. The zero-order valence-electron chi connectivity index (χ0n) is 24.0. The molecule has 2 N–H and O–H groups in total. The Balaban J connectivity index is 3.20. The second-order valence-corrected chi connectivity index (χ2v) is 10.2. The maximum Gasteiger partial charge on any atom is 0.326 e. The van der Waals surface area contributed by atoms with Crippen molar-refractivity contribution in [3.63, 3.8) is 0 Å². The first kappa shape index (κ1) is 33.1. The monoisotopic (exact) mass is 535 g/mol. The van der Waals surface area contributed by atoms with Crippen LogP contribution in [-0.4, -0.2) is 43.1 Å². The smallest absolute Gasteiger partial charge is 0.326 e. The van der Waals surface area contributed by atoms with E-state index in [1.54, 1.807) is 13.0 Å². The Kier molecular flexibility index (Phi) is 14.0. The minimum Gasteiger partial charge on any atom is -0.468 e. The standard InChI is InChI=1S/C29H45NO8/c1-8-19(4)15-25(31)37-23-12-11-22(17-24(23)38-26(32)16-20(5)9-2)18-29(30,28(34)35-7)13-14-36-27(33)21(6)10-3/h11-12,17,19-21H,8-10,13-16,18,30H2,1-7H3/t19?,20?,21-,29?/m0/s1. The average Bonchev–Trinajstić information content (AvgIpc) is 2.88. The molecule has 0 aliphatic carbocycles. The van der Waals surface area contributed by atoms with Crippen LogP contribution in [0.15, 0.2) is 18.2 Å². The van der Waals surface area contributed by atoms with Crippen molar-refractivity contribution in [2.75, 3.05) is 13.7 Å². The quantitative estimate of drug-likeness (QED) is 0.235. The molecule has 0 spiro atoms. The minimum absolute atomic E-state index is 0.0115. The Labute approximate surface area is 226 Å². The normalized spacial score (nSPS) is 14.9. The molecule has 38 heavy (non-hydrogen) atoms. The van der Waals surface area contributed by atoms with Gasteiger partial charge in [-0.2, -0.15) is 0 Å². The maximum absolute atomic E-state index is 12.6. The number of benzene rings is 1. The molecule has 4 atom stereocenters. The lowest BCUT2D eigenvalue weighted by molar-refractivity contribution is -0.153. The SMILES string of the molecule is CCC(C)CC(=O)Oc1ccc(CC(N)(CCOC(=O)[C@@H](C)CC)C(=O)OC)cc1OC(=O)CC(C)CC. The van der Waals surface area contributed by atoms with Crippen molar-refractivity contribution in [1.82, 2.24) is 0 Å². The molecule has 0 fully saturated rings. The van der Waals surface area contributed by atoms with E-state index >= 15 is 0 Å². The van der Waals surface area contributed by atoms with E-state index < -0.39 is 23.4 Å². The number of esters is 4. The van der Waals surface area contributed by atoms with E-state index in [1.165, 1.54) is 19.2 Å². The second kappa shape index (κ2) is 16.1. The van der Waals surface area contributed by atoms with Crippen molar-refractivity contribution in [2.45, 2.75) is 92.0 Å². The lowest BCUT2D eigenvalue weighted by Gasteiger charge is -2.27. The average molecular weight is 536 g/mol. The van der Waals surface area contributed by atoms with Crippen molar-refractivity contribution in [3.8, 4) is 11.5 Å². The van der Waals surface area contributed by atoms with Crippen molar-refractivity contribution < 1.29 is 38.1 Å². The number of carbonyl (C=O) groups is 4. The largest absolute Gasteiger partial charge is 0.468 e. The number of rotatable bonds is 16. The summed E-state index contributed by atoms with van der Waals surface area (Å²) in [5.41, 5.74) is 5.50. The van der Waals surface area contributed by atoms with Gasteiger partial charge in [0.15, 0.2) is 11.5 Å². The zero-order chi connectivity index (χ0) is 28.9. The summed E-state index contributed by atoms with van der Waals surface area (Å²) in [7, 11) is 1.23. The van der Waals surface area contributed by atoms with Gasteiger partial charge >= 0.3 is 23.9 Å². The highest BCUT2D eigenvalue weighted by Crippen LogP contribution is 2.32. The number of nitrogens with two attached hydrogens (primary N) is 1. The Morgan fingerprint density at radius 1 is 0.868 bits per heavy atom. The van der Waals surface area contributed by atoms with Gasteiger partial charge in [-0.05, 0) is 36.0 Å². The van der Waals surface area contributed by atoms with E-state index in [4.69, 9.17) is 24.7 Å². The van der Waals surface area contributed by atoms with E-state index in [2.05, 4.69) is 0 Å². The molecule has 1 rings (SSSR count). The molecule has 0 aliphatic rings. The highest BCUT2D eigenvalue weighted by Gasteiger charge is 2.36. The van der Waals surface area contributed by atoms with Crippen LogP contribution >= 0.6 is 0 Å². The molecule has 0 aromatic heterocycles. The first-order chi connectivity index (χ1) is 17.9. The molecule has 0 aliphatic heterocycles. The van der Waals surface area contributed by atoms with Gasteiger partial charge in [0.2, 0.25) is 0 Å². The maximum atomic E-state index is 12.6. The predicted molar refractivity (Wildman–Crippen MR) is 144 cm³/mol. The molecule has 0 bridgehead atoms. The highest BCUT2D eigenvalue weighted by molar-refractivity contribution is 5.81. The van der Waals surface area contributed by atoms with Gasteiger partial charge < -0.3 is 24.7 Å². The molecule has 0 amide bonds. The van der Waals surface area contributed by atoms with Crippen LogP contribution in [0.5, 0.6) is 11.5 Å². The van der Waals surface area contributed by atoms with Gasteiger partial charge in [0, 0.05) is 25.7 Å². The summed E-state index contributed by atoms with van der Waals surface area (Å²) in [5.74, 6) is -1.73. The van der Waals surface area contributed by atoms with Crippen LogP contribution < -0.4 is 15.2 Å². The van der Waals surface area contributed by atoms with Gasteiger partial charge in [-0.3, -0.25) is 19.2 Å². The van der Waals surface area contributed by atoms with Gasteiger partial charge in [-0.15, -0.1) is 0 Å². The Morgan fingerprint density at radius 3 is 1.92 bits per heavy atom. The summed E-state index contributed by atoms with van der Waals surface area (Å²) in [6.07, 6.45) is 2.73. The van der Waals surface area contributed by atoms with Gasteiger partial charge in [-0.1, -0.05) is 60.5 Å². The van der Waals surface area contributed by atoms with E-state index in [1.807, 2.05) is 34.6 Å². The number of carbonyl (C=O) groups excluding carboxylic acids is 4. The minimum atomic E-state index is -1.50. The third-order valence-corrected chi connectivity index (χ3v) is 6.80. The van der Waals surface area contributed by atoms with Crippen LogP contribution in [0.3, 0.4) is 0 Å². The van der Waals surface area contributed by atoms with Gasteiger partial charge in [0.05, 0.1) is 19.6 Å². The molecule has 0 saturated carbocycles. The summed E-state index contributed by atoms with van der Waals surface area (Å²) >= 11 is 0. The molecule has 3 unspecified atom stereocenters. The fraction of sp³-hybridized carbons (Fsp3) is 0.655. The molecule has 9 heteroatoms. The number of hydrogen-bond donors (Lipinski definition) is 1. The van der Waals surface area contributed by atoms with Crippen LogP contribution in [0, 0.1) is 17.8 Å². The first-order valence-corrected chi connectivity index (χ1v) is 13.5. The lowest BCUT2D eigenvalue weighted by Crippen LogP contribution is -2.51. The molecular formula is C29H45NO8. The van der Waals surface area contributed by atoms with E-state index in [0.717, 1.165) is 12.8 Å². The molecule has 0 saturated heterocycles. The molecule has 1 aromatic rings. The van der Waals surface area contributed by atoms with Gasteiger partial charge in [-0.25, -0.2) is 0 Å². The van der Waals surface area contributed by atoms with Crippen molar-refractivity contribution in [2.24, 2.45) is 23.5 Å². The van der Waals surface area contributed by atoms with Gasteiger partial charge in [0.1, 0.15) is 5.54 Å². The first-order valence-electron chi connectivity index (χ1n) is 13.5. The van der Waals surface area contributed by atoms with Crippen molar-refractivity contribution >= 4 is 23.9 Å². The zero-order valence-corrected chi connectivity index (χ0v) is 24.0. The van der Waals surface area contributed by atoms with Crippen molar-refractivity contribution in [3.05, 3.63) is 23.8 Å². The fourth-order valence-corrected chi connectivity index (χ4v) is 3.49. The highest BCUT2D eigenvalue weighted by atomic mass is 16.6. The van der Waals surface area contributed by atoms with Crippen LogP contribution in [-0.2, 0) is 35.1 Å². The summed E-state index contributed by atoms with van der Waals surface area (Å²) in [6, 6.07) is 4.71. The fourth-order valence-electron chi connectivity index (χ4n) is 3.49. The number of ether oxygens (including phenoxy) is 4. The Hall–Kier alpha value is -2.94. The second-order valence-electron chi connectivity index (χ2n) is 10.2. The molecule has 1 aromatic carbocycles. The van der Waals surface area contributed by atoms with Crippen LogP contribution in [0.4, 0.5) is 0 Å². The molecule has 9 nitrogen and oxygen atoms in total. The van der Waals surface area contributed by atoms with E-state index in [9.17, 15) is 19.2 Å². The summed E-state index contributed by atoms with van der Waals surface area (Å²) in [6.45, 7) is 11.4. The summed E-state index contributed by atoms with van der Waals surface area (Å²) in [4.78, 5) is 49.7. The van der Waals surface area contributed by atoms with Crippen LogP contribution in [0.25, 0.3) is 0 Å². The van der Waals surface area contributed by atoms with E-state index in [0.29, 0.717) is 12.0 Å². The number of hydrogen-bond acceptors (Lipinski definition) is 9. The van der Waals surface area contributed by atoms with Crippen LogP contribution in [0.2, 0.25) is 0 Å².